The highest BCUT2D eigenvalue weighted by molar-refractivity contribution is 5.77. The van der Waals surface area contributed by atoms with Crippen LogP contribution in [0.3, 0.4) is 0 Å². The number of aromatic nitrogens is 6. The van der Waals surface area contributed by atoms with Crippen molar-refractivity contribution >= 4 is 11.6 Å². The van der Waals surface area contributed by atoms with E-state index in [2.05, 4.69) is 31.0 Å². The molecule has 174 valence electrons. The summed E-state index contributed by atoms with van der Waals surface area (Å²) in [6.07, 6.45) is 0. The molecule has 0 aliphatic carbocycles. The molecule has 2 N–H and O–H groups in total. The Kier molecular flexibility index (Phi) is 5.24. The van der Waals surface area contributed by atoms with Crippen molar-refractivity contribution in [2.45, 2.75) is 6.04 Å². The fourth-order valence-electron chi connectivity index (χ4n) is 4.07. The van der Waals surface area contributed by atoms with Gasteiger partial charge in [0, 0.05) is 22.8 Å². The van der Waals surface area contributed by atoms with Gasteiger partial charge in [0.15, 0.2) is 11.5 Å². The molecule has 5 rings (SSSR count). The third kappa shape index (κ3) is 3.27. The molecule has 0 saturated carbocycles. The molecule has 0 bridgehead atoms. The molecule has 0 fully saturated rings. The first kappa shape index (κ1) is 21.2. The number of anilines is 2. The van der Waals surface area contributed by atoms with Gasteiger partial charge in [0.25, 0.3) is 5.56 Å². The summed E-state index contributed by atoms with van der Waals surface area (Å²) in [6, 6.07) is 10.2. The number of methoxy groups -OCH3 is 4. The average molecular weight is 463 g/mol. The van der Waals surface area contributed by atoms with Crippen molar-refractivity contribution in [2.24, 2.45) is 0 Å². The summed E-state index contributed by atoms with van der Waals surface area (Å²) in [6.45, 7) is 0. The van der Waals surface area contributed by atoms with Crippen LogP contribution in [0, 0.1) is 0 Å². The second-order valence-electron chi connectivity index (χ2n) is 7.34. The summed E-state index contributed by atoms with van der Waals surface area (Å²) in [5.41, 5.74) is 2.36. The molecule has 12 nitrogen and oxygen atoms in total. The zero-order valence-electron chi connectivity index (χ0n) is 18.8. The predicted molar refractivity (Wildman–Crippen MR) is 121 cm³/mol. The fraction of sp³-hybridized carbons (Fsp3) is 0.227. The monoisotopic (exact) mass is 463 g/mol. The van der Waals surface area contributed by atoms with Gasteiger partial charge in [0.2, 0.25) is 5.95 Å². The van der Waals surface area contributed by atoms with Gasteiger partial charge in [-0.3, -0.25) is 4.79 Å². The molecule has 34 heavy (non-hydrogen) atoms. The Balaban J connectivity index is 1.80. The Labute approximate surface area is 193 Å². The summed E-state index contributed by atoms with van der Waals surface area (Å²) in [5, 5.41) is 22.0. The summed E-state index contributed by atoms with van der Waals surface area (Å²) >= 11 is 0. The van der Waals surface area contributed by atoms with Gasteiger partial charge in [0.05, 0.1) is 34.1 Å². The molecular weight excluding hydrogens is 442 g/mol. The minimum atomic E-state index is -0.625. The van der Waals surface area contributed by atoms with Crippen molar-refractivity contribution < 1.29 is 18.9 Å². The van der Waals surface area contributed by atoms with Crippen LogP contribution in [-0.2, 0) is 0 Å². The van der Waals surface area contributed by atoms with Crippen LogP contribution in [-0.4, -0.2) is 58.8 Å². The lowest BCUT2D eigenvalue weighted by Crippen LogP contribution is -2.29. The highest BCUT2D eigenvalue weighted by atomic mass is 16.5. The zero-order valence-corrected chi connectivity index (χ0v) is 18.8. The van der Waals surface area contributed by atoms with E-state index in [1.807, 2.05) is 12.1 Å². The number of rotatable bonds is 6. The third-order valence-corrected chi connectivity index (χ3v) is 5.66. The van der Waals surface area contributed by atoms with E-state index in [1.54, 1.807) is 57.4 Å². The molecule has 2 aromatic heterocycles. The number of hydrogen-bond acceptors (Lipinski definition) is 10. The van der Waals surface area contributed by atoms with Gasteiger partial charge >= 0.3 is 0 Å². The summed E-state index contributed by atoms with van der Waals surface area (Å²) < 4.78 is 23.4. The Hall–Kier alpha value is -4.61. The lowest BCUT2D eigenvalue weighted by molar-refractivity contribution is 0.355. The topological polar surface area (TPSA) is 138 Å². The van der Waals surface area contributed by atoms with Crippen LogP contribution < -0.4 is 29.8 Å². The summed E-state index contributed by atoms with van der Waals surface area (Å²) in [5.74, 6) is 2.56. The first-order chi connectivity index (χ1) is 16.6. The van der Waals surface area contributed by atoms with E-state index in [9.17, 15) is 4.79 Å². The SMILES string of the molecule is COc1ccc([C@@H]2c3c(-c4ccc(OC)c(OC)c4)n[nH]c(=O)c3Nc3nnnn32)c(OC)c1. The van der Waals surface area contributed by atoms with Crippen LogP contribution in [0.1, 0.15) is 17.2 Å². The third-order valence-electron chi connectivity index (χ3n) is 5.66. The van der Waals surface area contributed by atoms with Crippen LogP contribution >= 0.6 is 0 Å². The molecule has 12 heteroatoms. The minimum absolute atomic E-state index is 0.282. The molecule has 4 aromatic rings. The normalized spacial score (nSPS) is 13.9. The minimum Gasteiger partial charge on any atom is -0.497 e. The maximum atomic E-state index is 12.9. The molecule has 0 amide bonds. The van der Waals surface area contributed by atoms with E-state index in [0.29, 0.717) is 51.3 Å². The molecule has 1 aliphatic rings. The number of ether oxygens (including phenoxy) is 4. The lowest BCUT2D eigenvalue weighted by atomic mass is 9.91. The molecule has 0 unspecified atom stereocenters. The molecule has 3 heterocycles. The number of nitrogens with zero attached hydrogens (tertiary/aromatic N) is 5. The van der Waals surface area contributed by atoms with E-state index >= 15 is 0 Å². The largest absolute Gasteiger partial charge is 0.497 e. The summed E-state index contributed by atoms with van der Waals surface area (Å²) in [7, 11) is 6.25. The second-order valence-corrected chi connectivity index (χ2v) is 7.34. The Morgan fingerprint density at radius 2 is 1.71 bits per heavy atom. The van der Waals surface area contributed by atoms with Gasteiger partial charge in [-0.25, -0.2) is 5.10 Å². The number of H-pyrrole nitrogens is 1. The molecule has 0 spiro atoms. The molecule has 1 aliphatic heterocycles. The van der Waals surface area contributed by atoms with Crippen molar-refractivity contribution in [1.82, 2.24) is 30.4 Å². The first-order valence-corrected chi connectivity index (χ1v) is 10.2. The number of benzene rings is 2. The van der Waals surface area contributed by atoms with Gasteiger partial charge in [-0.2, -0.15) is 9.78 Å². The molecule has 0 saturated heterocycles. The van der Waals surface area contributed by atoms with Gasteiger partial charge in [0.1, 0.15) is 23.2 Å². The zero-order chi connectivity index (χ0) is 23.8. The van der Waals surface area contributed by atoms with Crippen molar-refractivity contribution in [2.75, 3.05) is 33.8 Å². The Morgan fingerprint density at radius 3 is 2.44 bits per heavy atom. The number of aromatic amines is 1. The highest BCUT2D eigenvalue weighted by Crippen LogP contribution is 2.45. The van der Waals surface area contributed by atoms with Gasteiger partial charge in [-0.15, -0.1) is 0 Å². The van der Waals surface area contributed by atoms with Crippen molar-refractivity contribution in [3.05, 3.63) is 57.9 Å². The number of fused-ring (bicyclic) bond motifs is 2. The maximum absolute atomic E-state index is 12.9. The predicted octanol–water partition coefficient (Wildman–Crippen LogP) is 2.15. The van der Waals surface area contributed by atoms with E-state index in [4.69, 9.17) is 18.9 Å². The molecule has 0 radical (unpaired) electrons. The van der Waals surface area contributed by atoms with Crippen LogP contribution in [0.15, 0.2) is 41.2 Å². The fourth-order valence-corrected chi connectivity index (χ4v) is 4.07. The van der Waals surface area contributed by atoms with E-state index in [1.165, 1.54) is 0 Å². The van der Waals surface area contributed by atoms with Gasteiger partial charge < -0.3 is 24.3 Å². The van der Waals surface area contributed by atoms with Crippen molar-refractivity contribution in [3.8, 4) is 34.3 Å². The van der Waals surface area contributed by atoms with E-state index in [-0.39, 0.29) is 5.69 Å². The van der Waals surface area contributed by atoms with Crippen molar-refractivity contribution in [3.63, 3.8) is 0 Å². The Morgan fingerprint density at radius 1 is 0.912 bits per heavy atom. The molecule has 1 atom stereocenters. The maximum Gasteiger partial charge on any atom is 0.288 e. The van der Waals surface area contributed by atoms with E-state index < -0.39 is 11.6 Å². The van der Waals surface area contributed by atoms with Crippen molar-refractivity contribution in [1.29, 1.82) is 0 Å². The standard InChI is InChI=1S/C22H21N7O5/c1-31-12-6-7-13(15(10-12)33-3)20-17-18(11-5-8-14(32-2)16(9-11)34-4)24-25-21(30)19(17)23-22-26-27-28-29(20)22/h5-10,20H,1-4H3,(H,25,30)(H,23,26,28)/t20-/m1/s1. The van der Waals surface area contributed by atoms with Gasteiger partial charge in [-0.05, 0) is 40.8 Å². The summed E-state index contributed by atoms with van der Waals surface area (Å²) in [4.78, 5) is 12.9. The smallest absolute Gasteiger partial charge is 0.288 e. The Bertz CT molecular complexity index is 1430. The van der Waals surface area contributed by atoms with E-state index in [0.717, 1.165) is 0 Å². The first-order valence-electron chi connectivity index (χ1n) is 10.2. The lowest BCUT2D eigenvalue weighted by Gasteiger charge is -2.29. The molecule has 2 aromatic carbocycles. The number of nitrogens with one attached hydrogen (secondary N) is 2. The average Bonchev–Trinajstić information content (AvgIpc) is 3.35. The van der Waals surface area contributed by atoms with Gasteiger partial charge in [-0.1, -0.05) is 5.10 Å². The number of hydrogen-bond donors (Lipinski definition) is 2. The number of tetrazole rings is 1. The quantitative estimate of drug-likeness (QED) is 0.385. The molecular formula is C22H21N7O5. The van der Waals surface area contributed by atoms with Crippen LogP contribution in [0.4, 0.5) is 11.6 Å². The van der Waals surface area contributed by atoms with Crippen LogP contribution in [0.2, 0.25) is 0 Å². The van der Waals surface area contributed by atoms with Crippen LogP contribution in [0.5, 0.6) is 23.0 Å². The van der Waals surface area contributed by atoms with Crippen LogP contribution in [0.25, 0.3) is 11.3 Å². The highest BCUT2D eigenvalue weighted by Gasteiger charge is 2.36. The second kappa shape index (κ2) is 8.39.